The average Bonchev–Trinajstić information content (AvgIpc) is 2.58. The molecule has 136 valence electrons. The maximum atomic E-state index is 12.8. The fourth-order valence-corrected chi connectivity index (χ4v) is 4.16. The summed E-state index contributed by atoms with van der Waals surface area (Å²) in [4.78, 5) is 13.4. The number of hydrogen-bond donors (Lipinski definition) is 1. The highest BCUT2D eigenvalue weighted by Gasteiger charge is 2.44. The van der Waals surface area contributed by atoms with E-state index in [2.05, 4.69) is 4.90 Å². The molecule has 1 heterocycles. The molecule has 0 saturated heterocycles. The minimum Gasteiger partial charge on any atom is -0.478 e. The van der Waals surface area contributed by atoms with Gasteiger partial charge in [0.25, 0.3) is 0 Å². The summed E-state index contributed by atoms with van der Waals surface area (Å²) in [5.41, 5.74) is 2.44. The highest BCUT2D eigenvalue weighted by Crippen LogP contribution is 2.49. The largest absolute Gasteiger partial charge is 0.478 e. The molecule has 0 aromatic heterocycles. The highest BCUT2D eigenvalue weighted by atomic mass is 19.4. The van der Waals surface area contributed by atoms with Crippen molar-refractivity contribution < 1.29 is 23.1 Å². The fourth-order valence-electron chi connectivity index (χ4n) is 4.16. The molecule has 1 N–H and O–H groups in total. The lowest BCUT2D eigenvalue weighted by Gasteiger charge is -2.50. The van der Waals surface area contributed by atoms with E-state index in [9.17, 15) is 23.1 Å². The number of halogens is 3. The first-order chi connectivity index (χ1) is 12.3. The number of nitrogens with zero attached hydrogens (tertiary/aromatic N) is 1. The van der Waals surface area contributed by atoms with Gasteiger partial charge >= 0.3 is 12.1 Å². The van der Waals surface area contributed by atoms with E-state index < -0.39 is 17.7 Å². The van der Waals surface area contributed by atoms with E-state index in [1.165, 1.54) is 17.7 Å². The molecule has 2 aliphatic rings. The molecule has 2 aromatic carbocycles. The Morgan fingerprint density at radius 3 is 2.31 bits per heavy atom. The van der Waals surface area contributed by atoms with Gasteiger partial charge in [0.05, 0.1) is 11.1 Å². The molecule has 0 radical (unpaired) electrons. The van der Waals surface area contributed by atoms with Gasteiger partial charge in [-0.05, 0) is 60.4 Å². The predicted octanol–water partition coefficient (Wildman–Crippen LogP) is 4.85. The minimum absolute atomic E-state index is 0.0205. The Balaban J connectivity index is 1.69. The number of aromatic carboxylic acids is 1. The van der Waals surface area contributed by atoms with Crippen LogP contribution in [0.3, 0.4) is 0 Å². The van der Waals surface area contributed by atoms with Gasteiger partial charge in [-0.1, -0.05) is 12.5 Å². The lowest BCUT2D eigenvalue weighted by Crippen LogP contribution is -2.50. The Morgan fingerprint density at radius 2 is 1.77 bits per heavy atom. The van der Waals surface area contributed by atoms with Gasteiger partial charge in [-0.15, -0.1) is 0 Å². The maximum Gasteiger partial charge on any atom is 0.416 e. The maximum absolute atomic E-state index is 12.8. The number of rotatable bonds is 2. The van der Waals surface area contributed by atoms with Crippen molar-refractivity contribution in [2.24, 2.45) is 0 Å². The van der Waals surface area contributed by atoms with E-state index in [1.807, 2.05) is 6.07 Å². The summed E-state index contributed by atoms with van der Waals surface area (Å²) in [6, 6.07) is 10.5. The third-order valence-electron chi connectivity index (χ3n) is 5.65. The number of hydrogen-bond acceptors (Lipinski definition) is 2. The third kappa shape index (κ3) is 2.73. The van der Waals surface area contributed by atoms with E-state index >= 15 is 0 Å². The fraction of sp³-hybridized carbons (Fsp3) is 0.350. The molecular weight excluding hydrogens is 343 g/mol. The molecule has 3 nitrogen and oxygen atoms in total. The van der Waals surface area contributed by atoms with Crippen LogP contribution in [0.1, 0.15) is 46.3 Å². The van der Waals surface area contributed by atoms with Crippen LogP contribution in [0.15, 0.2) is 42.5 Å². The van der Waals surface area contributed by atoms with Crippen molar-refractivity contribution >= 4 is 11.7 Å². The number of benzene rings is 2. The first-order valence-electron chi connectivity index (χ1n) is 8.57. The van der Waals surface area contributed by atoms with Crippen molar-refractivity contribution in [3.05, 3.63) is 64.7 Å². The summed E-state index contributed by atoms with van der Waals surface area (Å²) >= 11 is 0. The molecule has 1 aliphatic heterocycles. The lowest BCUT2D eigenvalue weighted by atomic mass is 9.61. The zero-order valence-electron chi connectivity index (χ0n) is 14.0. The van der Waals surface area contributed by atoms with Crippen LogP contribution in [0.25, 0.3) is 0 Å². The van der Waals surface area contributed by atoms with Gasteiger partial charge in [-0.2, -0.15) is 13.2 Å². The van der Waals surface area contributed by atoms with Gasteiger partial charge in [-0.25, -0.2) is 4.79 Å². The Kier molecular flexibility index (Phi) is 3.75. The zero-order valence-corrected chi connectivity index (χ0v) is 14.0. The zero-order chi connectivity index (χ0) is 18.5. The molecule has 2 aromatic rings. The summed E-state index contributed by atoms with van der Waals surface area (Å²) in [6.45, 7) is 1.25. The smallest absolute Gasteiger partial charge is 0.416 e. The molecule has 1 spiro atoms. The Labute approximate surface area is 149 Å². The van der Waals surface area contributed by atoms with Crippen LogP contribution in [0, 0.1) is 0 Å². The van der Waals surface area contributed by atoms with E-state index in [4.69, 9.17) is 0 Å². The Morgan fingerprint density at radius 1 is 1.08 bits per heavy atom. The van der Waals surface area contributed by atoms with Crippen molar-refractivity contribution in [3.63, 3.8) is 0 Å². The first kappa shape index (κ1) is 16.9. The highest BCUT2D eigenvalue weighted by molar-refractivity contribution is 5.88. The van der Waals surface area contributed by atoms with Crippen molar-refractivity contribution in [1.82, 2.24) is 0 Å². The van der Waals surface area contributed by atoms with Crippen LogP contribution >= 0.6 is 0 Å². The normalized spacial score (nSPS) is 18.3. The third-order valence-corrected chi connectivity index (χ3v) is 5.65. The van der Waals surface area contributed by atoms with Crippen LogP contribution in [0.4, 0.5) is 18.9 Å². The van der Waals surface area contributed by atoms with Crippen LogP contribution in [0.2, 0.25) is 0 Å². The number of carboxylic acids is 1. The number of carboxylic acid groups (broad SMARTS) is 1. The first-order valence-corrected chi connectivity index (χ1v) is 8.57. The summed E-state index contributed by atoms with van der Waals surface area (Å²) in [5.74, 6) is -0.970. The van der Waals surface area contributed by atoms with Crippen LogP contribution in [-0.4, -0.2) is 17.6 Å². The van der Waals surface area contributed by atoms with E-state index in [0.717, 1.165) is 49.2 Å². The van der Waals surface area contributed by atoms with E-state index in [0.29, 0.717) is 6.54 Å². The summed E-state index contributed by atoms with van der Waals surface area (Å²) in [7, 11) is 0. The molecule has 0 unspecified atom stereocenters. The van der Waals surface area contributed by atoms with E-state index in [-0.39, 0.29) is 11.0 Å². The lowest BCUT2D eigenvalue weighted by molar-refractivity contribution is -0.137. The molecule has 6 heteroatoms. The van der Waals surface area contributed by atoms with E-state index in [1.54, 1.807) is 12.1 Å². The standard InChI is InChI=1S/C20H18F3NO2/c21-20(22,23)15-3-5-16(6-4-15)24-11-14-10-13(18(25)26)2-7-17(14)19(12-24)8-1-9-19/h2-7,10H,1,8-9,11-12H2,(H,25,26). The Hall–Kier alpha value is -2.50. The molecule has 26 heavy (non-hydrogen) atoms. The van der Waals surface area contributed by atoms with Gasteiger partial charge in [0.15, 0.2) is 0 Å². The monoisotopic (exact) mass is 361 g/mol. The van der Waals surface area contributed by atoms with Crippen molar-refractivity contribution in [3.8, 4) is 0 Å². The molecule has 1 aliphatic carbocycles. The molecule has 1 fully saturated rings. The second-order valence-electron chi connectivity index (χ2n) is 7.21. The number of alkyl halides is 3. The quantitative estimate of drug-likeness (QED) is 0.832. The summed E-state index contributed by atoms with van der Waals surface area (Å²) in [6.07, 6.45) is -1.20. The van der Waals surface area contributed by atoms with Crippen molar-refractivity contribution in [1.29, 1.82) is 0 Å². The second-order valence-corrected chi connectivity index (χ2v) is 7.21. The molecule has 0 amide bonds. The SMILES string of the molecule is O=C(O)c1ccc2c(c1)CN(c1ccc(C(F)(F)F)cc1)CC21CCC1. The van der Waals surface area contributed by atoms with Crippen LogP contribution in [-0.2, 0) is 18.1 Å². The molecule has 1 saturated carbocycles. The number of carbonyl (C=O) groups is 1. The average molecular weight is 361 g/mol. The van der Waals surface area contributed by atoms with Gasteiger partial charge < -0.3 is 10.0 Å². The van der Waals surface area contributed by atoms with Crippen molar-refractivity contribution in [2.45, 2.75) is 37.4 Å². The predicted molar refractivity (Wildman–Crippen MR) is 91.4 cm³/mol. The van der Waals surface area contributed by atoms with Gasteiger partial charge in [0, 0.05) is 24.2 Å². The van der Waals surface area contributed by atoms with Gasteiger partial charge in [-0.3, -0.25) is 0 Å². The van der Waals surface area contributed by atoms with Gasteiger partial charge in [0.2, 0.25) is 0 Å². The molecular formula is C20H18F3NO2. The number of anilines is 1. The minimum atomic E-state index is -4.35. The Bertz CT molecular complexity index is 854. The molecule has 0 atom stereocenters. The second kappa shape index (κ2) is 5.76. The van der Waals surface area contributed by atoms with Crippen LogP contribution in [0.5, 0.6) is 0 Å². The summed E-state index contributed by atoms with van der Waals surface area (Å²) < 4.78 is 38.4. The number of fused-ring (bicyclic) bond motifs is 2. The molecule has 4 rings (SSSR count). The topological polar surface area (TPSA) is 40.5 Å². The van der Waals surface area contributed by atoms with Crippen molar-refractivity contribution in [2.75, 3.05) is 11.4 Å². The van der Waals surface area contributed by atoms with Crippen LogP contribution < -0.4 is 4.90 Å². The summed E-state index contributed by atoms with van der Waals surface area (Å²) in [5, 5.41) is 9.26. The van der Waals surface area contributed by atoms with Gasteiger partial charge in [0.1, 0.15) is 0 Å². The molecule has 0 bridgehead atoms.